The third-order valence-corrected chi connectivity index (χ3v) is 5.72. The maximum Gasteiger partial charge on any atom is 0.261 e. The third kappa shape index (κ3) is 4.62. The van der Waals surface area contributed by atoms with E-state index in [9.17, 15) is 4.79 Å². The number of allylic oxidation sites excluding steroid dienone is 1. The molecule has 5 nitrogen and oxygen atoms in total. The van der Waals surface area contributed by atoms with Gasteiger partial charge in [-0.05, 0) is 69.5 Å². The van der Waals surface area contributed by atoms with Crippen molar-refractivity contribution in [1.82, 2.24) is 14.8 Å². The van der Waals surface area contributed by atoms with Gasteiger partial charge in [0.25, 0.3) is 5.91 Å². The van der Waals surface area contributed by atoms with Crippen LogP contribution in [-0.2, 0) is 0 Å². The Kier molecular flexibility index (Phi) is 6.29. The molecule has 2 aliphatic rings. The molecule has 0 atom stereocenters. The largest absolute Gasteiger partial charge is 0.462 e. The van der Waals surface area contributed by atoms with Crippen molar-refractivity contribution in [3.05, 3.63) is 77.5 Å². The van der Waals surface area contributed by atoms with Gasteiger partial charge in [0.2, 0.25) is 0 Å². The smallest absolute Gasteiger partial charge is 0.261 e. The number of unbranched alkanes of at least 4 members (excludes halogenated alkanes) is 1. The van der Waals surface area contributed by atoms with Crippen molar-refractivity contribution in [1.29, 1.82) is 0 Å². The summed E-state index contributed by atoms with van der Waals surface area (Å²) in [6.45, 7) is 7.69. The molecule has 1 amide bonds. The summed E-state index contributed by atoms with van der Waals surface area (Å²) < 4.78 is 5.73. The second kappa shape index (κ2) is 9.26. The van der Waals surface area contributed by atoms with Crippen molar-refractivity contribution >= 4 is 11.5 Å². The molecule has 1 aromatic carbocycles. The maximum atomic E-state index is 13.1. The zero-order valence-corrected chi connectivity index (χ0v) is 17.8. The van der Waals surface area contributed by atoms with Crippen molar-refractivity contribution in [2.24, 2.45) is 0 Å². The Hall–Kier alpha value is -2.92. The summed E-state index contributed by atoms with van der Waals surface area (Å²) in [4.78, 5) is 21.9. The Morgan fingerprint density at radius 2 is 1.97 bits per heavy atom. The lowest BCUT2D eigenvalue weighted by Gasteiger charge is -2.27. The highest BCUT2D eigenvalue weighted by Gasteiger charge is 2.24. The van der Waals surface area contributed by atoms with E-state index in [1.54, 1.807) is 6.26 Å². The van der Waals surface area contributed by atoms with Gasteiger partial charge in [0.05, 0.1) is 17.0 Å². The average molecular weight is 404 g/mol. The average Bonchev–Trinajstić information content (AvgIpc) is 2.89. The van der Waals surface area contributed by atoms with Crippen LogP contribution in [0.3, 0.4) is 0 Å². The molecule has 1 aromatic heterocycles. The number of hydrogen-bond acceptors (Lipinski definition) is 4. The van der Waals surface area contributed by atoms with Gasteiger partial charge in [-0.2, -0.15) is 0 Å². The molecule has 2 aromatic rings. The molecule has 0 bridgehead atoms. The standard InChI is InChI=1S/C25H29N3O2/c1-19-10-11-24-22(16-19)25(29)28(20(2)18-30-24)15-6-5-13-27-14-7-8-21(17-27)23-9-3-4-12-26-23/h3-4,8-12,16,18H,5-7,13-15,17H2,1-2H3. The highest BCUT2D eigenvalue weighted by Crippen LogP contribution is 2.27. The molecule has 4 rings (SSSR count). The van der Waals surface area contributed by atoms with Gasteiger partial charge in [-0.15, -0.1) is 0 Å². The van der Waals surface area contributed by atoms with E-state index in [1.807, 2.05) is 55.3 Å². The Bertz CT molecular complexity index is 966. The number of carbonyl (C=O) groups excluding carboxylic acids is 1. The first kappa shape index (κ1) is 20.4. The number of amides is 1. The molecule has 0 radical (unpaired) electrons. The first-order valence-electron chi connectivity index (χ1n) is 10.7. The van der Waals surface area contributed by atoms with Crippen LogP contribution >= 0.6 is 0 Å². The number of hydrogen-bond donors (Lipinski definition) is 0. The number of pyridine rings is 1. The summed E-state index contributed by atoms with van der Waals surface area (Å²) in [7, 11) is 0. The second-order valence-corrected chi connectivity index (χ2v) is 8.05. The predicted molar refractivity (Wildman–Crippen MR) is 119 cm³/mol. The Morgan fingerprint density at radius 3 is 2.80 bits per heavy atom. The molecule has 0 fully saturated rings. The SMILES string of the molecule is CC1=COc2ccc(C)cc2C(=O)N1CCCCN1CCC=C(c2ccccn2)C1. The van der Waals surface area contributed by atoms with Crippen molar-refractivity contribution < 1.29 is 9.53 Å². The van der Waals surface area contributed by atoms with E-state index in [0.717, 1.165) is 55.9 Å². The number of aryl methyl sites for hydroxylation is 1. The number of benzene rings is 1. The highest BCUT2D eigenvalue weighted by atomic mass is 16.5. The van der Waals surface area contributed by atoms with Gasteiger partial charge in [0, 0.05) is 25.8 Å². The lowest BCUT2D eigenvalue weighted by atomic mass is 10.1. The number of carbonyl (C=O) groups is 1. The quantitative estimate of drug-likeness (QED) is 0.659. The van der Waals surface area contributed by atoms with E-state index >= 15 is 0 Å². The molecule has 30 heavy (non-hydrogen) atoms. The molecule has 156 valence electrons. The molecule has 0 saturated heterocycles. The third-order valence-electron chi connectivity index (χ3n) is 5.72. The fourth-order valence-electron chi connectivity index (χ4n) is 4.05. The van der Waals surface area contributed by atoms with Gasteiger partial charge in [-0.25, -0.2) is 0 Å². The lowest BCUT2D eigenvalue weighted by Crippen LogP contribution is -2.32. The van der Waals surface area contributed by atoms with E-state index in [-0.39, 0.29) is 5.91 Å². The Balaban J connectivity index is 1.31. The number of nitrogens with zero attached hydrogens (tertiary/aromatic N) is 3. The van der Waals surface area contributed by atoms with Crippen molar-refractivity contribution in [2.45, 2.75) is 33.1 Å². The highest BCUT2D eigenvalue weighted by molar-refractivity contribution is 5.98. The summed E-state index contributed by atoms with van der Waals surface area (Å²) in [6.07, 6.45) is 8.92. The normalized spacial score (nSPS) is 17.0. The molecular formula is C25H29N3O2. The topological polar surface area (TPSA) is 45.7 Å². The van der Waals surface area contributed by atoms with E-state index in [4.69, 9.17) is 4.74 Å². The molecule has 0 spiro atoms. The molecule has 3 heterocycles. The fourth-order valence-corrected chi connectivity index (χ4v) is 4.05. The minimum Gasteiger partial charge on any atom is -0.462 e. The van der Waals surface area contributed by atoms with E-state index in [1.165, 1.54) is 5.57 Å². The van der Waals surface area contributed by atoms with Gasteiger partial charge in [0.15, 0.2) is 0 Å². The summed E-state index contributed by atoms with van der Waals surface area (Å²) >= 11 is 0. The van der Waals surface area contributed by atoms with Crippen LogP contribution in [0.4, 0.5) is 0 Å². The van der Waals surface area contributed by atoms with Crippen molar-refractivity contribution in [3.8, 4) is 5.75 Å². The van der Waals surface area contributed by atoms with E-state index in [2.05, 4.69) is 22.0 Å². The van der Waals surface area contributed by atoms with Crippen LogP contribution in [0.5, 0.6) is 5.75 Å². The zero-order chi connectivity index (χ0) is 20.9. The molecular weight excluding hydrogens is 374 g/mol. The van der Waals surface area contributed by atoms with Gasteiger partial charge < -0.3 is 9.64 Å². The summed E-state index contributed by atoms with van der Waals surface area (Å²) in [5.74, 6) is 0.660. The minimum absolute atomic E-state index is 0.0262. The van der Waals surface area contributed by atoms with Crippen molar-refractivity contribution in [2.75, 3.05) is 26.2 Å². The molecule has 0 unspecified atom stereocenters. The van der Waals surface area contributed by atoms with Gasteiger partial charge in [-0.1, -0.05) is 23.8 Å². The van der Waals surface area contributed by atoms with Crippen LogP contribution in [0.1, 0.15) is 47.8 Å². The fraction of sp³-hybridized carbons (Fsp3) is 0.360. The lowest BCUT2D eigenvalue weighted by molar-refractivity contribution is 0.0804. The molecule has 0 N–H and O–H groups in total. The summed E-state index contributed by atoms with van der Waals surface area (Å²) in [5, 5.41) is 0. The monoisotopic (exact) mass is 403 g/mol. The molecule has 2 aliphatic heterocycles. The number of ether oxygens (including phenoxy) is 1. The Labute approximate surface area is 178 Å². The zero-order valence-electron chi connectivity index (χ0n) is 17.8. The summed E-state index contributed by atoms with van der Waals surface area (Å²) in [6, 6.07) is 11.8. The van der Waals surface area contributed by atoms with Gasteiger partial charge in [-0.3, -0.25) is 14.7 Å². The van der Waals surface area contributed by atoms with Gasteiger partial charge in [0.1, 0.15) is 12.0 Å². The van der Waals surface area contributed by atoms with Crippen LogP contribution in [0, 0.1) is 6.92 Å². The molecule has 0 aliphatic carbocycles. The van der Waals surface area contributed by atoms with Crippen LogP contribution < -0.4 is 4.74 Å². The molecule has 5 heteroatoms. The summed E-state index contributed by atoms with van der Waals surface area (Å²) in [5.41, 5.74) is 4.95. The molecule has 0 saturated carbocycles. The Morgan fingerprint density at radius 1 is 1.10 bits per heavy atom. The van der Waals surface area contributed by atoms with Crippen molar-refractivity contribution in [3.63, 3.8) is 0 Å². The number of aromatic nitrogens is 1. The van der Waals surface area contributed by atoms with Crippen LogP contribution in [0.2, 0.25) is 0 Å². The van der Waals surface area contributed by atoms with Gasteiger partial charge >= 0.3 is 0 Å². The maximum absolute atomic E-state index is 13.1. The van der Waals surface area contributed by atoms with Crippen LogP contribution in [-0.4, -0.2) is 46.9 Å². The number of fused-ring (bicyclic) bond motifs is 1. The van der Waals surface area contributed by atoms with Crippen LogP contribution in [0.25, 0.3) is 5.57 Å². The van der Waals surface area contributed by atoms with E-state index in [0.29, 0.717) is 17.9 Å². The first-order chi connectivity index (χ1) is 14.6. The van der Waals surface area contributed by atoms with E-state index < -0.39 is 0 Å². The van der Waals surface area contributed by atoms with Crippen LogP contribution in [0.15, 0.2) is 60.6 Å². The number of rotatable bonds is 6. The predicted octanol–water partition coefficient (Wildman–Crippen LogP) is 4.66. The minimum atomic E-state index is 0.0262. The second-order valence-electron chi connectivity index (χ2n) is 8.05. The first-order valence-corrected chi connectivity index (χ1v) is 10.7.